The van der Waals surface area contributed by atoms with Crippen LogP contribution in [0.3, 0.4) is 0 Å². The molecule has 0 aromatic heterocycles. The number of amides is 1. The van der Waals surface area contributed by atoms with Crippen molar-refractivity contribution in [3.63, 3.8) is 0 Å². The first kappa shape index (κ1) is 14.1. The van der Waals surface area contributed by atoms with Gasteiger partial charge in [0.25, 0.3) is 0 Å². The number of carbonyl (C=O) groups excluding carboxylic acids is 1. The number of hydrogen-bond acceptors (Lipinski definition) is 2. The molecule has 1 aliphatic rings. The third-order valence-corrected chi connectivity index (χ3v) is 5.04. The highest BCUT2D eigenvalue weighted by atomic mass is 16.2. The van der Waals surface area contributed by atoms with Crippen LogP contribution in [0.15, 0.2) is 30.3 Å². The fraction of sp³-hybridized carbons (Fsp3) is 0.562. The van der Waals surface area contributed by atoms with Crippen molar-refractivity contribution < 1.29 is 4.79 Å². The van der Waals surface area contributed by atoms with Gasteiger partial charge in [-0.2, -0.15) is 0 Å². The van der Waals surface area contributed by atoms with E-state index in [-0.39, 0.29) is 28.7 Å². The van der Waals surface area contributed by atoms with Crippen molar-refractivity contribution in [3.8, 4) is 0 Å². The molecule has 0 bridgehead atoms. The Morgan fingerprint density at radius 3 is 2.16 bits per heavy atom. The maximum absolute atomic E-state index is 12.4. The predicted molar refractivity (Wildman–Crippen MR) is 77.4 cm³/mol. The Bertz CT molecular complexity index is 451. The van der Waals surface area contributed by atoms with Crippen molar-refractivity contribution in [2.45, 2.75) is 33.7 Å². The fourth-order valence-corrected chi connectivity index (χ4v) is 3.07. The molecule has 0 radical (unpaired) electrons. The molecular weight excluding hydrogens is 236 g/mol. The zero-order valence-corrected chi connectivity index (χ0v) is 12.2. The van der Waals surface area contributed by atoms with Crippen molar-refractivity contribution in [1.82, 2.24) is 5.32 Å². The van der Waals surface area contributed by atoms with E-state index in [0.717, 1.165) is 5.56 Å². The van der Waals surface area contributed by atoms with E-state index in [0.29, 0.717) is 6.54 Å². The quantitative estimate of drug-likeness (QED) is 0.874. The summed E-state index contributed by atoms with van der Waals surface area (Å²) in [6, 6.07) is 9.80. The van der Waals surface area contributed by atoms with Crippen molar-refractivity contribution in [3.05, 3.63) is 35.9 Å². The normalized spacial score (nSPS) is 21.7. The van der Waals surface area contributed by atoms with Crippen molar-refractivity contribution in [2.24, 2.45) is 22.5 Å². The highest BCUT2D eigenvalue weighted by molar-refractivity contribution is 5.84. The molecule has 104 valence electrons. The molecule has 0 spiro atoms. The Morgan fingerprint density at radius 2 is 1.74 bits per heavy atom. The summed E-state index contributed by atoms with van der Waals surface area (Å²) in [5, 5.41) is 3.09. The van der Waals surface area contributed by atoms with E-state index in [1.54, 1.807) is 0 Å². The number of hydrogen-bond donors (Lipinski definition) is 2. The van der Waals surface area contributed by atoms with E-state index in [2.05, 4.69) is 33.0 Å². The van der Waals surface area contributed by atoms with Crippen LogP contribution < -0.4 is 11.1 Å². The molecule has 1 atom stereocenters. The van der Waals surface area contributed by atoms with Crippen LogP contribution in [0.1, 0.15) is 39.3 Å². The molecule has 3 nitrogen and oxygen atoms in total. The largest absolute Gasteiger partial charge is 0.348 e. The van der Waals surface area contributed by atoms with Crippen LogP contribution in [0.5, 0.6) is 0 Å². The zero-order chi connectivity index (χ0) is 14.3. The molecule has 3 heteroatoms. The minimum atomic E-state index is -0.0964. The van der Waals surface area contributed by atoms with E-state index >= 15 is 0 Å². The second kappa shape index (κ2) is 4.64. The van der Waals surface area contributed by atoms with Crippen LogP contribution in [0.25, 0.3) is 0 Å². The van der Waals surface area contributed by atoms with Gasteiger partial charge >= 0.3 is 0 Å². The zero-order valence-electron chi connectivity index (χ0n) is 12.2. The van der Waals surface area contributed by atoms with Gasteiger partial charge in [-0.15, -0.1) is 0 Å². The van der Waals surface area contributed by atoms with Crippen LogP contribution in [0.2, 0.25) is 0 Å². The Labute approximate surface area is 115 Å². The van der Waals surface area contributed by atoms with Crippen LogP contribution in [0.4, 0.5) is 0 Å². The summed E-state index contributed by atoms with van der Waals surface area (Å²) < 4.78 is 0. The second-order valence-electron chi connectivity index (χ2n) is 6.58. The van der Waals surface area contributed by atoms with Gasteiger partial charge in [0.1, 0.15) is 0 Å². The minimum absolute atomic E-state index is 0.0624. The molecular formula is C16H24N2O. The minimum Gasteiger partial charge on any atom is -0.348 e. The molecule has 1 aliphatic carbocycles. The molecule has 19 heavy (non-hydrogen) atoms. The van der Waals surface area contributed by atoms with Gasteiger partial charge in [0, 0.05) is 12.5 Å². The van der Waals surface area contributed by atoms with E-state index in [4.69, 9.17) is 5.73 Å². The summed E-state index contributed by atoms with van der Waals surface area (Å²) in [6.45, 7) is 9.02. The summed E-state index contributed by atoms with van der Waals surface area (Å²) in [5.41, 5.74) is 6.98. The molecule has 0 aliphatic heterocycles. The standard InChI is InChI=1S/C16H24N2O/c1-15(2)13(16(15,3)4)14(19)18-12(10-17)11-8-6-5-7-9-11/h5-9,12-13H,10,17H2,1-4H3,(H,18,19). The number of nitrogens with two attached hydrogens (primary N) is 1. The summed E-state index contributed by atoms with van der Waals surface area (Å²) in [4.78, 5) is 12.4. The van der Waals surface area contributed by atoms with Gasteiger partial charge in [0.05, 0.1) is 6.04 Å². The molecule has 0 heterocycles. The number of nitrogens with one attached hydrogen (secondary N) is 1. The highest BCUT2D eigenvalue weighted by Gasteiger charge is 2.68. The average molecular weight is 260 g/mol. The molecule has 0 saturated heterocycles. The molecule has 3 N–H and O–H groups in total. The monoisotopic (exact) mass is 260 g/mol. The summed E-state index contributed by atoms with van der Waals surface area (Å²) in [7, 11) is 0. The van der Waals surface area contributed by atoms with Crippen LogP contribution in [-0.2, 0) is 4.79 Å². The lowest BCUT2D eigenvalue weighted by Crippen LogP contribution is -2.35. The lowest BCUT2D eigenvalue weighted by molar-refractivity contribution is -0.124. The third kappa shape index (κ3) is 2.27. The van der Waals surface area contributed by atoms with Gasteiger partial charge in [-0.25, -0.2) is 0 Å². The molecule has 1 fully saturated rings. The molecule has 1 unspecified atom stereocenters. The summed E-state index contributed by atoms with van der Waals surface area (Å²) >= 11 is 0. The number of rotatable bonds is 4. The van der Waals surface area contributed by atoms with E-state index in [9.17, 15) is 4.79 Å². The van der Waals surface area contributed by atoms with Gasteiger partial charge in [-0.05, 0) is 16.4 Å². The Hall–Kier alpha value is -1.35. The average Bonchev–Trinajstić information content (AvgIpc) is 2.77. The Morgan fingerprint density at radius 1 is 1.21 bits per heavy atom. The maximum atomic E-state index is 12.4. The fourth-order valence-electron chi connectivity index (χ4n) is 3.07. The topological polar surface area (TPSA) is 55.1 Å². The van der Waals surface area contributed by atoms with Gasteiger partial charge in [0.2, 0.25) is 5.91 Å². The number of benzene rings is 1. The molecule has 2 rings (SSSR count). The SMILES string of the molecule is CC1(C)C(C(=O)NC(CN)c2ccccc2)C1(C)C. The maximum Gasteiger partial charge on any atom is 0.224 e. The smallest absolute Gasteiger partial charge is 0.224 e. The molecule has 1 saturated carbocycles. The summed E-state index contributed by atoms with van der Waals surface area (Å²) in [5.74, 6) is 0.187. The van der Waals surface area contributed by atoms with Gasteiger partial charge in [-0.1, -0.05) is 58.0 Å². The van der Waals surface area contributed by atoms with Crippen LogP contribution in [0, 0.1) is 16.7 Å². The third-order valence-electron chi connectivity index (χ3n) is 5.04. The van der Waals surface area contributed by atoms with E-state index < -0.39 is 0 Å². The number of carbonyl (C=O) groups is 1. The molecule has 1 aromatic rings. The first-order valence-corrected chi connectivity index (χ1v) is 6.87. The summed E-state index contributed by atoms with van der Waals surface area (Å²) in [6.07, 6.45) is 0. The Kier molecular flexibility index (Phi) is 3.43. The van der Waals surface area contributed by atoms with Gasteiger partial charge in [-0.3, -0.25) is 4.79 Å². The Balaban J connectivity index is 2.07. The van der Waals surface area contributed by atoms with Gasteiger partial charge in [0.15, 0.2) is 0 Å². The van der Waals surface area contributed by atoms with Crippen molar-refractivity contribution in [2.75, 3.05) is 6.54 Å². The van der Waals surface area contributed by atoms with E-state index in [1.165, 1.54) is 0 Å². The van der Waals surface area contributed by atoms with Gasteiger partial charge < -0.3 is 11.1 Å². The van der Waals surface area contributed by atoms with Crippen molar-refractivity contribution in [1.29, 1.82) is 0 Å². The molecule has 1 amide bonds. The first-order chi connectivity index (χ1) is 8.82. The predicted octanol–water partition coefficient (Wildman–Crippen LogP) is 2.48. The highest BCUT2D eigenvalue weighted by Crippen LogP contribution is 2.68. The lowest BCUT2D eigenvalue weighted by atomic mass is 10.0. The van der Waals surface area contributed by atoms with E-state index in [1.807, 2.05) is 30.3 Å². The lowest BCUT2D eigenvalue weighted by Gasteiger charge is -2.18. The molecule has 1 aromatic carbocycles. The van der Waals surface area contributed by atoms with Crippen LogP contribution in [-0.4, -0.2) is 12.5 Å². The van der Waals surface area contributed by atoms with Crippen molar-refractivity contribution >= 4 is 5.91 Å². The first-order valence-electron chi connectivity index (χ1n) is 6.87. The second-order valence-corrected chi connectivity index (χ2v) is 6.58. The van der Waals surface area contributed by atoms with Crippen LogP contribution >= 0.6 is 0 Å².